The van der Waals surface area contributed by atoms with Crippen LogP contribution in [0.3, 0.4) is 0 Å². The largest absolute Gasteiger partial charge is 0.370 e. The maximum absolute atomic E-state index is 12.3. The number of urea groups is 1. The van der Waals surface area contributed by atoms with E-state index in [1.54, 1.807) is 6.20 Å². The average Bonchev–Trinajstić information content (AvgIpc) is 2.88. The molecule has 3 rings (SSSR count). The van der Waals surface area contributed by atoms with E-state index in [-0.39, 0.29) is 18.9 Å². The summed E-state index contributed by atoms with van der Waals surface area (Å²) in [4.78, 5) is 28.5. The molecule has 174 valence electrons. The summed E-state index contributed by atoms with van der Waals surface area (Å²) >= 11 is 0. The molecular formula is C26H28N6O2. The second-order valence-corrected chi connectivity index (χ2v) is 7.58. The first-order valence-electron chi connectivity index (χ1n) is 11.1. The fourth-order valence-electron chi connectivity index (χ4n) is 3.32. The van der Waals surface area contributed by atoms with E-state index in [2.05, 4.69) is 32.3 Å². The molecule has 0 aliphatic rings. The van der Waals surface area contributed by atoms with Crippen LogP contribution in [0.1, 0.15) is 24.4 Å². The van der Waals surface area contributed by atoms with E-state index in [1.807, 2.05) is 72.8 Å². The number of nitrogens with one attached hydrogen (secondary N) is 4. The van der Waals surface area contributed by atoms with Crippen molar-refractivity contribution in [2.45, 2.75) is 18.9 Å². The molecule has 3 aromatic rings. The predicted molar refractivity (Wildman–Crippen MR) is 132 cm³/mol. The Labute approximate surface area is 199 Å². The van der Waals surface area contributed by atoms with E-state index >= 15 is 0 Å². The number of rotatable bonds is 11. The van der Waals surface area contributed by atoms with Crippen molar-refractivity contribution in [3.63, 3.8) is 0 Å². The van der Waals surface area contributed by atoms with Crippen LogP contribution in [0.4, 0.5) is 10.6 Å². The van der Waals surface area contributed by atoms with Crippen molar-refractivity contribution in [2.75, 3.05) is 25.0 Å². The van der Waals surface area contributed by atoms with Gasteiger partial charge in [-0.05, 0) is 35.2 Å². The molecule has 3 amide bonds. The van der Waals surface area contributed by atoms with Gasteiger partial charge in [0.25, 0.3) is 0 Å². The molecule has 0 aliphatic heterocycles. The minimum Gasteiger partial charge on any atom is -0.370 e. The third-order valence-corrected chi connectivity index (χ3v) is 5.07. The average molecular weight is 457 g/mol. The summed E-state index contributed by atoms with van der Waals surface area (Å²) in [5.41, 5.74) is 2.98. The van der Waals surface area contributed by atoms with Gasteiger partial charge in [0.2, 0.25) is 5.91 Å². The van der Waals surface area contributed by atoms with Crippen molar-refractivity contribution >= 4 is 17.8 Å². The van der Waals surface area contributed by atoms with Gasteiger partial charge >= 0.3 is 6.03 Å². The number of nitriles is 1. The molecule has 0 fully saturated rings. The quantitative estimate of drug-likeness (QED) is 0.329. The highest BCUT2D eigenvalue weighted by Crippen LogP contribution is 2.23. The molecule has 8 heteroatoms. The molecule has 8 nitrogen and oxygen atoms in total. The van der Waals surface area contributed by atoms with Crippen molar-refractivity contribution in [1.82, 2.24) is 20.9 Å². The third-order valence-electron chi connectivity index (χ3n) is 5.07. The minimum absolute atomic E-state index is 0.131. The maximum atomic E-state index is 12.3. The highest BCUT2D eigenvalue weighted by Gasteiger charge is 2.15. The van der Waals surface area contributed by atoms with Crippen molar-refractivity contribution in [3.8, 4) is 17.2 Å². The smallest absolute Gasteiger partial charge is 0.315 e. The molecule has 0 saturated heterocycles. The number of benzene rings is 2. The number of amides is 3. The standard InChI is InChI=1S/C26H28N6O2/c27-15-14-23(22-12-10-21(11-13-22)20-7-2-1-3-8-20)32-25(33)19-31-26(34)30-18-6-17-29-24-9-4-5-16-28-24/h1-5,7-13,16,23H,6,14,17-19H2,(H,28,29)(H,32,33)(H2,30,31,34). The lowest BCUT2D eigenvalue weighted by molar-refractivity contribution is -0.120. The van der Waals surface area contributed by atoms with Gasteiger partial charge in [0.15, 0.2) is 0 Å². The first-order chi connectivity index (χ1) is 16.7. The second-order valence-electron chi connectivity index (χ2n) is 7.58. The van der Waals surface area contributed by atoms with Gasteiger partial charge in [0.05, 0.1) is 25.1 Å². The van der Waals surface area contributed by atoms with E-state index in [9.17, 15) is 14.9 Å². The zero-order chi connectivity index (χ0) is 24.0. The van der Waals surface area contributed by atoms with Crippen LogP contribution in [-0.2, 0) is 4.79 Å². The van der Waals surface area contributed by atoms with Gasteiger partial charge in [-0.15, -0.1) is 0 Å². The van der Waals surface area contributed by atoms with Gasteiger partial charge in [-0.2, -0.15) is 5.26 Å². The Morgan fingerprint density at radius 3 is 2.32 bits per heavy atom. The molecule has 2 aromatic carbocycles. The molecule has 1 heterocycles. The number of carbonyl (C=O) groups is 2. The van der Waals surface area contributed by atoms with Crippen LogP contribution in [0.5, 0.6) is 0 Å². The van der Waals surface area contributed by atoms with Crippen molar-refractivity contribution in [3.05, 3.63) is 84.6 Å². The van der Waals surface area contributed by atoms with Crippen LogP contribution in [0.15, 0.2) is 79.0 Å². The number of aromatic nitrogens is 1. The minimum atomic E-state index is -0.454. The summed E-state index contributed by atoms with van der Waals surface area (Å²) in [5, 5.41) is 20.4. The fourth-order valence-corrected chi connectivity index (χ4v) is 3.32. The number of hydrogen-bond acceptors (Lipinski definition) is 5. The molecule has 1 atom stereocenters. The van der Waals surface area contributed by atoms with E-state index < -0.39 is 12.1 Å². The number of nitrogens with zero attached hydrogens (tertiary/aromatic N) is 2. The second kappa shape index (κ2) is 13.2. The van der Waals surface area contributed by atoms with Crippen LogP contribution in [0, 0.1) is 11.3 Å². The van der Waals surface area contributed by atoms with Gasteiger partial charge in [0.1, 0.15) is 5.82 Å². The summed E-state index contributed by atoms with van der Waals surface area (Å²) in [6, 6.07) is 24.6. The molecule has 1 aromatic heterocycles. The zero-order valence-corrected chi connectivity index (χ0v) is 18.8. The molecular weight excluding hydrogens is 428 g/mol. The molecule has 4 N–H and O–H groups in total. The van der Waals surface area contributed by atoms with Gasteiger partial charge in [-0.3, -0.25) is 4.79 Å². The Hall–Kier alpha value is -4.38. The van der Waals surface area contributed by atoms with Gasteiger partial charge < -0.3 is 21.3 Å². The van der Waals surface area contributed by atoms with Gasteiger partial charge in [-0.25, -0.2) is 9.78 Å². The van der Waals surface area contributed by atoms with Gasteiger partial charge in [0, 0.05) is 19.3 Å². The summed E-state index contributed by atoms with van der Waals surface area (Å²) < 4.78 is 0. The molecule has 1 unspecified atom stereocenters. The predicted octanol–water partition coefficient (Wildman–Crippen LogP) is 3.62. The third kappa shape index (κ3) is 7.95. The Morgan fingerprint density at radius 1 is 0.882 bits per heavy atom. The lowest BCUT2D eigenvalue weighted by Crippen LogP contribution is -2.43. The summed E-state index contributed by atoms with van der Waals surface area (Å²) in [7, 11) is 0. The first-order valence-corrected chi connectivity index (χ1v) is 11.1. The van der Waals surface area contributed by atoms with Crippen LogP contribution >= 0.6 is 0 Å². The van der Waals surface area contributed by atoms with Crippen molar-refractivity contribution < 1.29 is 9.59 Å². The highest BCUT2D eigenvalue weighted by molar-refractivity contribution is 5.84. The lowest BCUT2D eigenvalue weighted by atomic mass is 9.99. The lowest BCUT2D eigenvalue weighted by Gasteiger charge is -2.17. The Morgan fingerprint density at radius 2 is 1.62 bits per heavy atom. The topological polar surface area (TPSA) is 119 Å². The number of carbonyl (C=O) groups excluding carboxylic acids is 2. The molecule has 0 spiro atoms. The SMILES string of the molecule is N#CCC(NC(=O)CNC(=O)NCCCNc1ccccn1)c1ccc(-c2ccccc2)cc1. The van der Waals surface area contributed by atoms with Gasteiger partial charge in [-0.1, -0.05) is 60.7 Å². The number of anilines is 1. The first kappa shape index (κ1) is 24.3. The van der Waals surface area contributed by atoms with E-state index in [4.69, 9.17) is 0 Å². The van der Waals surface area contributed by atoms with E-state index in [0.717, 1.165) is 22.5 Å². The molecule has 0 radical (unpaired) electrons. The van der Waals surface area contributed by atoms with E-state index in [0.29, 0.717) is 19.5 Å². The molecule has 0 bridgehead atoms. The number of hydrogen-bond donors (Lipinski definition) is 4. The summed E-state index contributed by atoms with van der Waals surface area (Å²) in [6.07, 6.45) is 2.55. The Balaban J connectivity index is 1.39. The number of pyridine rings is 1. The monoisotopic (exact) mass is 456 g/mol. The summed E-state index contributed by atoms with van der Waals surface area (Å²) in [6.45, 7) is 0.941. The molecule has 34 heavy (non-hydrogen) atoms. The van der Waals surface area contributed by atoms with Crippen LogP contribution in [0.25, 0.3) is 11.1 Å². The van der Waals surface area contributed by atoms with Crippen molar-refractivity contribution in [2.24, 2.45) is 0 Å². The maximum Gasteiger partial charge on any atom is 0.315 e. The Kier molecular flexibility index (Phi) is 9.44. The van der Waals surface area contributed by atoms with Crippen molar-refractivity contribution in [1.29, 1.82) is 5.26 Å². The van der Waals surface area contributed by atoms with E-state index in [1.165, 1.54) is 0 Å². The fraction of sp³-hybridized carbons (Fsp3) is 0.231. The van der Waals surface area contributed by atoms with Crippen LogP contribution < -0.4 is 21.3 Å². The Bertz CT molecular complexity index is 1080. The normalized spacial score (nSPS) is 11.0. The highest BCUT2D eigenvalue weighted by atomic mass is 16.2. The molecule has 0 saturated carbocycles. The van der Waals surface area contributed by atoms with Crippen LogP contribution in [0.2, 0.25) is 0 Å². The summed E-state index contributed by atoms with van der Waals surface area (Å²) in [5.74, 6) is 0.421. The van der Waals surface area contributed by atoms with Crippen LogP contribution in [-0.4, -0.2) is 36.6 Å². The zero-order valence-electron chi connectivity index (χ0n) is 18.8. The molecule has 0 aliphatic carbocycles.